The summed E-state index contributed by atoms with van der Waals surface area (Å²) in [4.78, 5) is 1.84. The van der Waals surface area contributed by atoms with Crippen molar-refractivity contribution in [1.29, 1.82) is 0 Å². The fraction of sp³-hybridized carbons (Fsp3) is 0.333. The average Bonchev–Trinajstić information content (AvgIpc) is 2.88. The molecule has 0 saturated heterocycles. The Balaban J connectivity index is 1.80. The molecule has 1 heterocycles. The molecule has 0 aliphatic heterocycles. The zero-order valence-electron chi connectivity index (χ0n) is 11.3. The van der Waals surface area contributed by atoms with Gasteiger partial charge in [-0.2, -0.15) is 0 Å². The van der Waals surface area contributed by atoms with E-state index in [4.69, 9.17) is 0 Å². The third kappa shape index (κ3) is 2.74. The van der Waals surface area contributed by atoms with E-state index in [1.807, 2.05) is 23.5 Å². The summed E-state index contributed by atoms with van der Waals surface area (Å²) in [5.74, 6) is 0. The summed E-state index contributed by atoms with van der Waals surface area (Å²) in [6, 6.07) is 9.55. The number of aryl methyl sites for hydroxylation is 1. The van der Waals surface area contributed by atoms with Gasteiger partial charge in [0.25, 0.3) is 0 Å². The van der Waals surface area contributed by atoms with Gasteiger partial charge in [-0.05, 0) is 60.5 Å². The Kier molecular flexibility index (Phi) is 3.56. The van der Waals surface area contributed by atoms with Crippen LogP contribution in [0, 0.1) is 0 Å². The van der Waals surface area contributed by atoms with Crippen LogP contribution in [0.1, 0.15) is 29.3 Å². The molecule has 1 aromatic heterocycles. The first kappa shape index (κ1) is 13.6. The largest absolute Gasteiger partial charge is 0.378 e. The van der Waals surface area contributed by atoms with Gasteiger partial charge in [0.05, 0.1) is 10.9 Å². The van der Waals surface area contributed by atoms with Crippen LogP contribution in [0.25, 0.3) is 0 Å². The van der Waals surface area contributed by atoms with E-state index in [1.165, 1.54) is 29.5 Å². The summed E-state index contributed by atoms with van der Waals surface area (Å²) < 4.78 is 22.9. The predicted octanol–water partition coefficient (Wildman–Crippen LogP) is 3.64. The third-order valence-corrected chi connectivity index (χ3v) is 5.80. The summed E-state index contributed by atoms with van der Waals surface area (Å²) in [6.07, 6.45) is 4.73. The van der Waals surface area contributed by atoms with Crippen LogP contribution < -0.4 is 5.32 Å². The standard InChI is InChI=1S/C15H17NO2S2/c1-20(17,18)12-7-5-11(6-8-12)16-14-3-2-4-15-13(14)9-10-19-15/h5-10,14,16H,2-4H2,1H3. The van der Waals surface area contributed by atoms with Gasteiger partial charge in [-0.15, -0.1) is 11.3 Å². The molecular formula is C15H17NO2S2. The number of nitrogens with one attached hydrogen (secondary N) is 1. The molecule has 1 aliphatic carbocycles. The zero-order valence-corrected chi connectivity index (χ0v) is 12.9. The number of benzene rings is 1. The second kappa shape index (κ2) is 5.22. The van der Waals surface area contributed by atoms with Gasteiger partial charge in [0.2, 0.25) is 0 Å². The summed E-state index contributed by atoms with van der Waals surface area (Å²) >= 11 is 1.83. The predicted molar refractivity (Wildman–Crippen MR) is 83.2 cm³/mol. The minimum atomic E-state index is -3.12. The van der Waals surface area contributed by atoms with E-state index >= 15 is 0 Å². The Morgan fingerprint density at radius 3 is 2.65 bits per heavy atom. The van der Waals surface area contributed by atoms with Gasteiger partial charge >= 0.3 is 0 Å². The Bertz CT molecular complexity index is 702. The third-order valence-electron chi connectivity index (χ3n) is 3.68. The molecule has 0 radical (unpaired) electrons. The van der Waals surface area contributed by atoms with Crippen LogP contribution in [0.5, 0.6) is 0 Å². The van der Waals surface area contributed by atoms with Crippen molar-refractivity contribution in [2.24, 2.45) is 0 Å². The van der Waals surface area contributed by atoms with Crippen LogP contribution in [-0.4, -0.2) is 14.7 Å². The molecule has 1 atom stereocenters. The van der Waals surface area contributed by atoms with Gasteiger partial charge < -0.3 is 5.32 Å². The van der Waals surface area contributed by atoms with Gasteiger partial charge in [0.15, 0.2) is 9.84 Å². The number of rotatable bonds is 3. The van der Waals surface area contributed by atoms with Crippen LogP contribution in [-0.2, 0) is 16.3 Å². The first-order valence-corrected chi connectivity index (χ1v) is 9.44. The number of hydrogen-bond donors (Lipinski definition) is 1. The highest BCUT2D eigenvalue weighted by atomic mass is 32.2. The van der Waals surface area contributed by atoms with E-state index in [0.29, 0.717) is 10.9 Å². The Hall–Kier alpha value is -1.33. The highest BCUT2D eigenvalue weighted by molar-refractivity contribution is 7.90. The summed E-state index contributed by atoms with van der Waals surface area (Å²) in [7, 11) is -3.12. The normalized spacial score (nSPS) is 18.6. The smallest absolute Gasteiger partial charge is 0.175 e. The molecule has 1 N–H and O–H groups in total. The van der Waals surface area contributed by atoms with E-state index in [-0.39, 0.29) is 0 Å². The maximum absolute atomic E-state index is 11.4. The number of sulfone groups is 1. The highest BCUT2D eigenvalue weighted by Crippen LogP contribution is 2.35. The Morgan fingerprint density at radius 1 is 1.20 bits per heavy atom. The van der Waals surface area contributed by atoms with E-state index < -0.39 is 9.84 Å². The van der Waals surface area contributed by atoms with Crippen LogP contribution >= 0.6 is 11.3 Å². The van der Waals surface area contributed by atoms with Gasteiger partial charge in [-0.3, -0.25) is 0 Å². The minimum Gasteiger partial charge on any atom is -0.378 e. The Labute approximate surface area is 123 Å². The van der Waals surface area contributed by atoms with E-state index in [1.54, 1.807) is 12.1 Å². The van der Waals surface area contributed by atoms with Gasteiger partial charge in [-0.25, -0.2) is 8.42 Å². The summed E-state index contributed by atoms with van der Waals surface area (Å²) in [5.41, 5.74) is 2.37. The molecule has 3 rings (SSSR count). The van der Waals surface area contributed by atoms with E-state index in [9.17, 15) is 8.42 Å². The molecule has 5 heteroatoms. The lowest BCUT2D eigenvalue weighted by molar-refractivity contribution is 0.601. The summed E-state index contributed by atoms with van der Waals surface area (Å²) in [5, 5.41) is 5.66. The molecule has 0 fully saturated rings. The number of fused-ring (bicyclic) bond motifs is 1. The maximum atomic E-state index is 11.4. The molecule has 3 nitrogen and oxygen atoms in total. The fourth-order valence-corrected chi connectivity index (χ4v) is 4.25. The fourth-order valence-electron chi connectivity index (χ4n) is 2.64. The number of hydrogen-bond acceptors (Lipinski definition) is 4. The quantitative estimate of drug-likeness (QED) is 0.941. The molecule has 1 unspecified atom stereocenters. The second-order valence-corrected chi connectivity index (χ2v) is 8.20. The average molecular weight is 307 g/mol. The topological polar surface area (TPSA) is 46.2 Å². The van der Waals surface area contributed by atoms with Crippen molar-refractivity contribution in [1.82, 2.24) is 0 Å². The van der Waals surface area contributed by atoms with Crippen LogP contribution in [0.4, 0.5) is 5.69 Å². The SMILES string of the molecule is CS(=O)(=O)c1ccc(NC2CCCc3sccc32)cc1. The summed E-state index contributed by atoms with van der Waals surface area (Å²) in [6.45, 7) is 0. The lowest BCUT2D eigenvalue weighted by atomic mass is 9.94. The van der Waals surface area contributed by atoms with Crippen molar-refractivity contribution in [2.75, 3.05) is 11.6 Å². The number of anilines is 1. The van der Waals surface area contributed by atoms with Crippen molar-refractivity contribution in [3.63, 3.8) is 0 Å². The molecule has 0 amide bonds. The first-order valence-electron chi connectivity index (χ1n) is 6.67. The first-order chi connectivity index (χ1) is 9.54. The highest BCUT2D eigenvalue weighted by Gasteiger charge is 2.20. The Morgan fingerprint density at radius 2 is 1.95 bits per heavy atom. The van der Waals surface area contributed by atoms with Crippen LogP contribution in [0.3, 0.4) is 0 Å². The molecule has 0 spiro atoms. The monoisotopic (exact) mass is 307 g/mol. The minimum absolute atomic E-state index is 0.342. The second-order valence-electron chi connectivity index (χ2n) is 5.18. The molecule has 0 saturated carbocycles. The zero-order chi connectivity index (χ0) is 14.2. The van der Waals surface area contributed by atoms with Gasteiger partial charge in [-0.1, -0.05) is 0 Å². The van der Waals surface area contributed by atoms with Crippen LogP contribution in [0.15, 0.2) is 40.6 Å². The van der Waals surface area contributed by atoms with Crippen LogP contribution in [0.2, 0.25) is 0 Å². The molecule has 1 aliphatic rings. The van der Waals surface area contributed by atoms with Crippen molar-refractivity contribution in [2.45, 2.75) is 30.2 Å². The molecule has 2 aromatic rings. The molecule has 20 heavy (non-hydrogen) atoms. The van der Waals surface area contributed by atoms with Gasteiger partial charge in [0.1, 0.15) is 0 Å². The van der Waals surface area contributed by atoms with Gasteiger partial charge in [0, 0.05) is 16.8 Å². The van der Waals surface area contributed by atoms with E-state index in [2.05, 4.69) is 16.8 Å². The maximum Gasteiger partial charge on any atom is 0.175 e. The number of thiophene rings is 1. The van der Waals surface area contributed by atoms with Crippen molar-refractivity contribution in [3.05, 3.63) is 46.2 Å². The van der Waals surface area contributed by atoms with Crippen molar-refractivity contribution in [3.8, 4) is 0 Å². The molecule has 1 aromatic carbocycles. The molecular weight excluding hydrogens is 290 g/mol. The van der Waals surface area contributed by atoms with E-state index in [0.717, 1.165) is 12.1 Å². The molecule has 106 valence electrons. The van der Waals surface area contributed by atoms with Crippen molar-refractivity contribution >= 4 is 26.9 Å². The lowest BCUT2D eigenvalue weighted by Crippen LogP contribution is -2.15. The molecule has 0 bridgehead atoms. The lowest BCUT2D eigenvalue weighted by Gasteiger charge is -2.24. The van der Waals surface area contributed by atoms with Crippen molar-refractivity contribution < 1.29 is 8.42 Å².